The van der Waals surface area contributed by atoms with Gasteiger partial charge in [-0.15, -0.1) is 0 Å². The molecule has 25 heavy (non-hydrogen) atoms. The van der Waals surface area contributed by atoms with Crippen LogP contribution in [-0.4, -0.2) is 78.6 Å². The second-order valence-corrected chi connectivity index (χ2v) is 8.37. The molecular formula is C19H31N3O3. The molecule has 0 aromatic carbocycles. The van der Waals surface area contributed by atoms with Crippen molar-refractivity contribution in [2.24, 2.45) is 5.41 Å². The zero-order valence-electron chi connectivity index (χ0n) is 15.3. The topological polar surface area (TPSA) is 53.1 Å². The third-order valence-electron chi connectivity index (χ3n) is 6.67. The molecular weight excluding hydrogens is 318 g/mol. The zero-order chi connectivity index (χ0) is 17.3. The first-order valence-corrected chi connectivity index (χ1v) is 10.1. The van der Waals surface area contributed by atoms with E-state index in [9.17, 15) is 9.59 Å². The summed E-state index contributed by atoms with van der Waals surface area (Å²) in [6.45, 7) is 5.99. The molecule has 140 valence electrons. The van der Waals surface area contributed by atoms with Crippen molar-refractivity contribution in [2.75, 3.05) is 45.9 Å². The van der Waals surface area contributed by atoms with Crippen molar-refractivity contribution in [1.82, 2.24) is 14.7 Å². The van der Waals surface area contributed by atoms with Gasteiger partial charge in [-0.05, 0) is 50.4 Å². The van der Waals surface area contributed by atoms with Gasteiger partial charge in [0.25, 0.3) is 0 Å². The first-order chi connectivity index (χ1) is 12.2. The summed E-state index contributed by atoms with van der Waals surface area (Å²) in [6, 6.07) is 0.232. The summed E-state index contributed by atoms with van der Waals surface area (Å²) in [5.74, 6) is 0.289. The maximum atomic E-state index is 12.6. The predicted octanol–water partition coefficient (Wildman–Crippen LogP) is 2.09. The van der Waals surface area contributed by atoms with Gasteiger partial charge in [0, 0.05) is 52.3 Å². The summed E-state index contributed by atoms with van der Waals surface area (Å²) in [6.07, 6.45) is 8.42. The Balaban J connectivity index is 1.33. The number of amides is 3. The summed E-state index contributed by atoms with van der Waals surface area (Å²) >= 11 is 0. The lowest BCUT2D eigenvalue weighted by Crippen LogP contribution is -2.54. The number of hydrogen-bond donors (Lipinski definition) is 0. The van der Waals surface area contributed by atoms with Crippen molar-refractivity contribution in [3.63, 3.8) is 0 Å². The molecule has 1 spiro atoms. The molecule has 6 nitrogen and oxygen atoms in total. The molecule has 0 aromatic heterocycles. The fourth-order valence-electron chi connectivity index (χ4n) is 4.99. The minimum absolute atomic E-state index is 0.217. The summed E-state index contributed by atoms with van der Waals surface area (Å²) in [5, 5.41) is 0. The summed E-state index contributed by atoms with van der Waals surface area (Å²) < 4.78 is 5.73. The standard InChI is InChI=1S/C19H31N3O3/c23-17-5-6-19(15-22(17)14-16-4-3-13-25-16)7-11-21(12-8-19)18(24)20-9-1-2-10-20/h16H,1-15H2/t16-/m0/s1. The number of rotatable bonds is 2. The number of piperidine rings is 2. The molecule has 0 unspecified atom stereocenters. The average Bonchev–Trinajstić information content (AvgIpc) is 3.32. The van der Waals surface area contributed by atoms with Gasteiger partial charge >= 0.3 is 6.03 Å². The maximum absolute atomic E-state index is 12.6. The van der Waals surface area contributed by atoms with Gasteiger partial charge < -0.3 is 19.4 Å². The highest BCUT2D eigenvalue weighted by Gasteiger charge is 2.42. The monoisotopic (exact) mass is 349 g/mol. The highest BCUT2D eigenvalue weighted by molar-refractivity contribution is 5.77. The summed E-state index contributed by atoms with van der Waals surface area (Å²) in [4.78, 5) is 31.0. The Bertz CT molecular complexity index is 504. The van der Waals surface area contributed by atoms with Crippen molar-refractivity contribution >= 4 is 11.9 Å². The first kappa shape index (κ1) is 17.1. The van der Waals surface area contributed by atoms with Crippen LogP contribution in [0.3, 0.4) is 0 Å². The van der Waals surface area contributed by atoms with Crippen LogP contribution in [0.25, 0.3) is 0 Å². The van der Waals surface area contributed by atoms with Crippen LogP contribution >= 0.6 is 0 Å². The highest BCUT2D eigenvalue weighted by atomic mass is 16.5. The van der Waals surface area contributed by atoms with Crippen LogP contribution in [0.4, 0.5) is 4.79 Å². The highest BCUT2D eigenvalue weighted by Crippen LogP contribution is 2.40. The van der Waals surface area contributed by atoms with Crippen LogP contribution in [0.5, 0.6) is 0 Å². The van der Waals surface area contributed by atoms with Gasteiger partial charge in [0.2, 0.25) is 5.91 Å². The smallest absolute Gasteiger partial charge is 0.319 e. The van der Waals surface area contributed by atoms with Crippen molar-refractivity contribution in [2.45, 2.75) is 57.5 Å². The van der Waals surface area contributed by atoms with Crippen LogP contribution in [0.1, 0.15) is 51.4 Å². The van der Waals surface area contributed by atoms with Crippen molar-refractivity contribution in [1.29, 1.82) is 0 Å². The number of nitrogens with zero attached hydrogens (tertiary/aromatic N) is 3. The Labute approximate surface area is 150 Å². The molecule has 0 aliphatic carbocycles. The first-order valence-electron chi connectivity index (χ1n) is 10.1. The molecule has 4 aliphatic rings. The number of ether oxygens (including phenoxy) is 1. The molecule has 3 amide bonds. The molecule has 0 saturated carbocycles. The van der Waals surface area contributed by atoms with E-state index in [4.69, 9.17) is 4.74 Å². The molecule has 0 bridgehead atoms. The summed E-state index contributed by atoms with van der Waals surface area (Å²) in [5.41, 5.74) is 0.217. The number of carbonyl (C=O) groups excluding carboxylic acids is 2. The Morgan fingerprint density at radius 3 is 2.44 bits per heavy atom. The third kappa shape index (κ3) is 3.64. The number of likely N-dealkylation sites (tertiary alicyclic amines) is 3. The largest absolute Gasteiger partial charge is 0.376 e. The maximum Gasteiger partial charge on any atom is 0.319 e. The fourth-order valence-corrected chi connectivity index (χ4v) is 4.99. The Morgan fingerprint density at radius 2 is 1.76 bits per heavy atom. The van der Waals surface area contributed by atoms with Gasteiger partial charge in [0.05, 0.1) is 6.10 Å². The number of hydrogen-bond acceptors (Lipinski definition) is 3. The molecule has 4 fully saturated rings. The average molecular weight is 349 g/mol. The van der Waals surface area contributed by atoms with Crippen LogP contribution in [0.15, 0.2) is 0 Å². The third-order valence-corrected chi connectivity index (χ3v) is 6.67. The van der Waals surface area contributed by atoms with E-state index in [-0.39, 0.29) is 23.5 Å². The molecule has 4 rings (SSSR count). The lowest BCUT2D eigenvalue weighted by Gasteiger charge is -2.48. The van der Waals surface area contributed by atoms with Crippen molar-refractivity contribution < 1.29 is 14.3 Å². The van der Waals surface area contributed by atoms with Gasteiger partial charge in [0.1, 0.15) is 0 Å². The molecule has 0 aromatic rings. The van der Waals surface area contributed by atoms with Gasteiger partial charge in [-0.1, -0.05) is 0 Å². The zero-order valence-corrected chi connectivity index (χ0v) is 15.3. The fraction of sp³-hybridized carbons (Fsp3) is 0.895. The van der Waals surface area contributed by atoms with E-state index in [2.05, 4.69) is 4.90 Å². The van der Waals surface area contributed by atoms with E-state index in [0.717, 1.165) is 90.8 Å². The second kappa shape index (κ2) is 7.14. The molecule has 4 aliphatic heterocycles. The van der Waals surface area contributed by atoms with Crippen molar-refractivity contribution in [3.05, 3.63) is 0 Å². The Kier molecular flexibility index (Phi) is 4.89. The quantitative estimate of drug-likeness (QED) is 0.767. The van der Waals surface area contributed by atoms with Gasteiger partial charge in [-0.2, -0.15) is 0 Å². The van der Waals surface area contributed by atoms with E-state index in [1.54, 1.807) is 0 Å². The van der Waals surface area contributed by atoms with E-state index < -0.39 is 0 Å². The number of urea groups is 1. The van der Waals surface area contributed by atoms with Crippen LogP contribution in [0, 0.1) is 5.41 Å². The van der Waals surface area contributed by atoms with Crippen LogP contribution in [-0.2, 0) is 9.53 Å². The molecule has 1 atom stereocenters. The normalized spacial score (nSPS) is 29.7. The van der Waals surface area contributed by atoms with Gasteiger partial charge in [-0.25, -0.2) is 4.79 Å². The molecule has 0 radical (unpaired) electrons. The lowest BCUT2D eigenvalue weighted by atomic mass is 9.72. The van der Waals surface area contributed by atoms with Gasteiger partial charge in [-0.3, -0.25) is 4.79 Å². The van der Waals surface area contributed by atoms with E-state index >= 15 is 0 Å². The SMILES string of the molecule is O=C1CCC2(CCN(C(=O)N3CCCC3)CC2)CN1C[C@@H]1CCCO1. The van der Waals surface area contributed by atoms with Crippen LogP contribution in [0.2, 0.25) is 0 Å². The molecule has 0 N–H and O–H groups in total. The molecule has 6 heteroatoms. The van der Waals surface area contributed by atoms with Gasteiger partial charge in [0.15, 0.2) is 0 Å². The lowest BCUT2D eigenvalue weighted by molar-refractivity contribution is -0.141. The Hall–Kier alpha value is -1.30. The molecule has 4 heterocycles. The summed E-state index contributed by atoms with van der Waals surface area (Å²) in [7, 11) is 0. The minimum Gasteiger partial charge on any atom is -0.376 e. The molecule has 4 saturated heterocycles. The van der Waals surface area contributed by atoms with E-state index in [0.29, 0.717) is 6.42 Å². The predicted molar refractivity (Wildman–Crippen MR) is 94.2 cm³/mol. The van der Waals surface area contributed by atoms with E-state index in [1.807, 2.05) is 9.80 Å². The Morgan fingerprint density at radius 1 is 1.04 bits per heavy atom. The van der Waals surface area contributed by atoms with Crippen molar-refractivity contribution in [3.8, 4) is 0 Å². The number of carbonyl (C=O) groups is 2. The minimum atomic E-state index is 0.217. The second-order valence-electron chi connectivity index (χ2n) is 8.37. The van der Waals surface area contributed by atoms with E-state index in [1.165, 1.54) is 0 Å². The van der Waals surface area contributed by atoms with Crippen LogP contribution < -0.4 is 0 Å².